The maximum Gasteiger partial charge on any atom is 0.253 e. The highest BCUT2D eigenvalue weighted by Gasteiger charge is 2.32. The molecule has 3 atom stereocenters. The van der Waals surface area contributed by atoms with Crippen LogP contribution in [0, 0.1) is 0 Å². The zero-order valence-electron chi connectivity index (χ0n) is 16.6. The number of nitrogens with one attached hydrogen (secondary N) is 1. The third-order valence-electron chi connectivity index (χ3n) is 6.05. The molecule has 0 unspecified atom stereocenters. The first-order valence-corrected chi connectivity index (χ1v) is 10.6. The van der Waals surface area contributed by atoms with Gasteiger partial charge >= 0.3 is 0 Å². The number of carbonyl (C=O) groups excluding carboxylic acids is 1. The summed E-state index contributed by atoms with van der Waals surface area (Å²) in [6.07, 6.45) is 12.3. The van der Waals surface area contributed by atoms with E-state index in [0.717, 1.165) is 31.5 Å². The molecule has 1 saturated carbocycles. The monoisotopic (exact) mass is 399 g/mol. The van der Waals surface area contributed by atoms with Crippen LogP contribution in [0.3, 0.4) is 0 Å². The highest BCUT2D eigenvalue weighted by molar-refractivity contribution is 5.94. The molecule has 1 aliphatic heterocycles. The first-order chi connectivity index (χ1) is 14.2. The maximum atomic E-state index is 12.4. The van der Waals surface area contributed by atoms with Gasteiger partial charge in [-0.2, -0.15) is 0 Å². The van der Waals surface area contributed by atoms with Gasteiger partial charge in [0.1, 0.15) is 6.10 Å². The van der Waals surface area contributed by atoms with Crippen LogP contribution in [0.4, 0.5) is 0 Å². The van der Waals surface area contributed by atoms with Crippen molar-refractivity contribution in [3.05, 3.63) is 42.0 Å². The van der Waals surface area contributed by atoms with Crippen molar-refractivity contribution in [2.75, 3.05) is 6.61 Å². The predicted octanol–water partition coefficient (Wildman–Crippen LogP) is 2.06. The molecule has 0 radical (unpaired) electrons. The van der Waals surface area contributed by atoms with Crippen LogP contribution in [-0.4, -0.2) is 55.8 Å². The van der Waals surface area contributed by atoms with E-state index in [1.165, 1.54) is 31.9 Å². The minimum Gasteiger partial charge on any atom is -0.394 e. The number of pyridine rings is 1. The Morgan fingerprint density at radius 2 is 2.14 bits per heavy atom. The van der Waals surface area contributed by atoms with Crippen molar-refractivity contribution in [3.63, 3.8) is 0 Å². The fraction of sp³-hybridized carbons (Fsp3) is 0.619. The van der Waals surface area contributed by atoms with E-state index in [-0.39, 0.29) is 24.7 Å². The Hall–Kier alpha value is -2.32. The highest BCUT2D eigenvalue weighted by Crippen LogP contribution is 2.32. The molecule has 2 aromatic heterocycles. The molecule has 0 bridgehead atoms. The Labute approximate surface area is 170 Å². The topological polar surface area (TPSA) is 102 Å². The third-order valence-corrected chi connectivity index (χ3v) is 6.05. The van der Waals surface area contributed by atoms with Crippen molar-refractivity contribution in [1.29, 1.82) is 0 Å². The van der Waals surface area contributed by atoms with Crippen molar-refractivity contribution < 1.29 is 14.6 Å². The number of ether oxygens (including phenoxy) is 1. The van der Waals surface area contributed by atoms with Crippen LogP contribution in [0.1, 0.15) is 66.9 Å². The minimum atomic E-state index is -0.404. The molecular weight excluding hydrogens is 370 g/mol. The minimum absolute atomic E-state index is 0.0397. The van der Waals surface area contributed by atoms with Crippen molar-refractivity contribution >= 4 is 5.91 Å². The quantitative estimate of drug-likeness (QED) is 0.739. The first kappa shape index (κ1) is 20.0. The molecule has 2 aliphatic rings. The smallest absolute Gasteiger partial charge is 0.253 e. The van der Waals surface area contributed by atoms with E-state index in [9.17, 15) is 9.90 Å². The molecule has 0 aromatic carbocycles. The van der Waals surface area contributed by atoms with Crippen LogP contribution in [0.25, 0.3) is 0 Å². The summed E-state index contributed by atoms with van der Waals surface area (Å²) in [6, 6.07) is 3.25. The van der Waals surface area contributed by atoms with Crippen molar-refractivity contribution in [2.24, 2.45) is 0 Å². The third kappa shape index (κ3) is 5.00. The molecule has 2 fully saturated rings. The molecule has 2 N–H and O–H groups in total. The van der Waals surface area contributed by atoms with Gasteiger partial charge in [-0.25, -0.2) is 0 Å². The summed E-state index contributed by atoms with van der Waals surface area (Å²) in [5.41, 5.74) is 1.62. The van der Waals surface area contributed by atoms with Gasteiger partial charge in [0.15, 0.2) is 0 Å². The summed E-state index contributed by atoms with van der Waals surface area (Å²) >= 11 is 0. The molecule has 156 valence electrons. The van der Waals surface area contributed by atoms with E-state index in [0.29, 0.717) is 11.5 Å². The van der Waals surface area contributed by atoms with Crippen LogP contribution < -0.4 is 5.32 Å². The van der Waals surface area contributed by atoms with E-state index in [2.05, 4.69) is 26.8 Å². The van der Waals surface area contributed by atoms with Crippen LogP contribution in [0.2, 0.25) is 0 Å². The van der Waals surface area contributed by atoms with Crippen LogP contribution in [-0.2, 0) is 11.3 Å². The number of carbonyl (C=O) groups is 1. The van der Waals surface area contributed by atoms with E-state index < -0.39 is 6.10 Å². The van der Waals surface area contributed by atoms with Gasteiger partial charge in [0.2, 0.25) is 0 Å². The fourth-order valence-electron chi connectivity index (χ4n) is 4.37. The standard InChI is InChI=1S/C21H29N5O3/c27-14-20-18(23-21(28)16-6-3-10-22-12-16)8-7-17(29-20)9-11-26-13-19(24-25-26)15-4-1-2-5-15/h3,6,10,12-13,15,17-18,20,27H,1-2,4-5,7-9,11,14H2,(H,23,28)/t17-,18+,20-/m0/s1. The normalized spacial score (nSPS) is 25.2. The SMILES string of the molecule is O=C(N[C@@H]1CC[C@@H](CCn2cc(C3CCCC3)nn2)O[C@H]1CO)c1cccnc1. The van der Waals surface area contributed by atoms with E-state index in [1.54, 1.807) is 18.3 Å². The lowest BCUT2D eigenvalue weighted by atomic mass is 9.97. The summed E-state index contributed by atoms with van der Waals surface area (Å²) in [5, 5.41) is 21.3. The fourth-order valence-corrected chi connectivity index (χ4v) is 4.37. The number of aromatic nitrogens is 4. The van der Waals surface area contributed by atoms with Crippen LogP contribution in [0.5, 0.6) is 0 Å². The lowest BCUT2D eigenvalue weighted by Gasteiger charge is -2.36. The number of aryl methyl sites for hydroxylation is 1. The molecule has 3 heterocycles. The molecule has 29 heavy (non-hydrogen) atoms. The molecular formula is C21H29N5O3. The molecule has 1 amide bonds. The van der Waals surface area contributed by atoms with Crippen molar-refractivity contribution in [2.45, 2.75) is 75.7 Å². The average molecular weight is 399 g/mol. The molecule has 0 spiro atoms. The molecule has 1 aliphatic carbocycles. The summed E-state index contributed by atoms with van der Waals surface area (Å²) in [5.74, 6) is 0.378. The Kier molecular flexibility index (Phi) is 6.51. The molecule has 8 nitrogen and oxygen atoms in total. The highest BCUT2D eigenvalue weighted by atomic mass is 16.5. The number of amides is 1. The zero-order valence-corrected chi connectivity index (χ0v) is 16.6. The number of rotatable bonds is 7. The van der Waals surface area contributed by atoms with Gasteiger partial charge in [-0.15, -0.1) is 5.10 Å². The second-order valence-corrected chi connectivity index (χ2v) is 8.05. The number of hydrogen-bond donors (Lipinski definition) is 2. The predicted molar refractivity (Wildman–Crippen MR) is 106 cm³/mol. The Balaban J connectivity index is 1.26. The summed E-state index contributed by atoms with van der Waals surface area (Å²) in [6.45, 7) is 0.624. The van der Waals surface area contributed by atoms with Gasteiger partial charge in [-0.1, -0.05) is 18.1 Å². The van der Waals surface area contributed by atoms with E-state index >= 15 is 0 Å². The van der Waals surface area contributed by atoms with Gasteiger partial charge in [-0.3, -0.25) is 14.5 Å². The van der Waals surface area contributed by atoms with Gasteiger partial charge < -0.3 is 15.2 Å². The Morgan fingerprint density at radius 1 is 1.28 bits per heavy atom. The molecule has 8 heteroatoms. The number of hydrogen-bond acceptors (Lipinski definition) is 6. The summed E-state index contributed by atoms with van der Waals surface area (Å²) < 4.78 is 7.98. The van der Waals surface area contributed by atoms with Crippen LogP contribution in [0.15, 0.2) is 30.7 Å². The van der Waals surface area contributed by atoms with Crippen molar-refractivity contribution in [3.8, 4) is 0 Å². The van der Waals surface area contributed by atoms with Gasteiger partial charge in [0, 0.05) is 31.1 Å². The lowest BCUT2D eigenvalue weighted by Crippen LogP contribution is -2.51. The van der Waals surface area contributed by atoms with Crippen LogP contribution >= 0.6 is 0 Å². The largest absolute Gasteiger partial charge is 0.394 e. The number of nitrogens with zero attached hydrogens (tertiary/aromatic N) is 4. The average Bonchev–Trinajstić information content (AvgIpc) is 3.45. The Morgan fingerprint density at radius 3 is 2.90 bits per heavy atom. The maximum absolute atomic E-state index is 12.4. The van der Waals surface area contributed by atoms with Gasteiger partial charge in [0.05, 0.1) is 30.0 Å². The number of aliphatic hydroxyl groups excluding tert-OH is 1. The second kappa shape index (κ2) is 9.45. The van der Waals surface area contributed by atoms with Crippen molar-refractivity contribution in [1.82, 2.24) is 25.3 Å². The summed E-state index contributed by atoms with van der Waals surface area (Å²) in [4.78, 5) is 16.3. The Bertz CT molecular complexity index is 791. The molecule has 1 saturated heterocycles. The lowest BCUT2D eigenvalue weighted by molar-refractivity contribution is -0.0912. The second-order valence-electron chi connectivity index (χ2n) is 8.05. The molecule has 4 rings (SSSR count). The first-order valence-electron chi connectivity index (χ1n) is 10.6. The molecule has 2 aromatic rings. The summed E-state index contributed by atoms with van der Waals surface area (Å²) in [7, 11) is 0. The van der Waals surface area contributed by atoms with Gasteiger partial charge in [0.25, 0.3) is 5.91 Å². The van der Waals surface area contributed by atoms with E-state index in [1.807, 2.05) is 4.68 Å². The number of aliphatic hydroxyl groups is 1. The van der Waals surface area contributed by atoms with E-state index in [4.69, 9.17) is 4.74 Å². The zero-order chi connectivity index (χ0) is 20.1. The van der Waals surface area contributed by atoms with Gasteiger partial charge in [-0.05, 0) is 44.2 Å².